The smallest absolute Gasteiger partial charge is 0.106 e. The first-order chi connectivity index (χ1) is 11.3. The first-order valence-electron chi connectivity index (χ1n) is 7.54. The number of aromatic amines is 1. The minimum Gasteiger partial charge on any atom is -0.281 e. The van der Waals surface area contributed by atoms with Crippen molar-refractivity contribution in [2.24, 2.45) is 0 Å². The van der Waals surface area contributed by atoms with Crippen molar-refractivity contribution in [1.29, 1.82) is 0 Å². The van der Waals surface area contributed by atoms with Crippen molar-refractivity contribution in [3.05, 3.63) is 64.0 Å². The molecule has 5 heteroatoms. The molecule has 114 valence electrons. The average molecular weight is 414 g/mol. The number of hydrogen-bond acceptors (Lipinski definition) is 2. The first kappa shape index (κ1) is 14.4. The van der Waals surface area contributed by atoms with E-state index in [2.05, 4.69) is 81.3 Å². The van der Waals surface area contributed by atoms with Crippen LogP contribution in [0.2, 0.25) is 0 Å². The summed E-state index contributed by atoms with van der Waals surface area (Å²) in [5, 5.41) is 13.3. The summed E-state index contributed by atoms with van der Waals surface area (Å²) in [6, 6.07) is 16.5. The van der Waals surface area contributed by atoms with E-state index < -0.39 is 0 Å². The van der Waals surface area contributed by atoms with E-state index in [1.807, 2.05) is 22.9 Å². The highest BCUT2D eigenvalue weighted by molar-refractivity contribution is 14.1. The van der Waals surface area contributed by atoms with E-state index in [-0.39, 0.29) is 0 Å². The predicted molar refractivity (Wildman–Crippen MR) is 101 cm³/mol. The van der Waals surface area contributed by atoms with Crippen molar-refractivity contribution in [2.45, 2.75) is 13.3 Å². The summed E-state index contributed by atoms with van der Waals surface area (Å²) < 4.78 is 3.12. The van der Waals surface area contributed by atoms with E-state index in [0.29, 0.717) is 0 Å². The molecule has 2 aromatic carbocycles. The van der Waals surface area contributed by atoms with Gasteiger partial charge in [0.05, 0.1) is 14.8 Å². The number of hydrogen-bond donors (Lipinski definition) is 1. The van der Waals surface area contributed by atoms with E-state index in [1.165, 1.54) is 9.26 Å². The number of rotatable bonds is 3. The van der Waals surface area contributed by atoms with Crippen molar-refractivity contribution in [2.75, 3.05) is 0 Å². The highest BCUT2D eigenvalue weighted by Gasteiger charge is 2.11. The van der Waals surface area contributed by atoms with Gasteiger partial charge < -0.3 is 0 Å². The maximum absolute atomic E-state index is 4.61. The highest BCUT2D eigenvalue weighted by atomic mass is 127. The van der Waals surface area contributed by atoms with Crippen LogP contribution in [0.5, 0.6) is 0 Å². The Kier molecular flexibility index (Phi) is 3.65. The lowest BCUT2D eigenvalue weighted by atomic mass is 10.1. The SMILES string of the molecule is CCc1[nH]nc(-c2ccc(-n3cc4ccccc4n3)cc2)c1I. The molecule has 0 aliphatic rings. The Morgan fingerprint density at radius 1 is 1.09 bits per heavy atom. The second kappa shape index (κ2) is 5.81. The van der Waals surface area contributed by atoms with Crippen LogP contribution >= 0.6 is 22.6 Å². The van der Waals surface area contributed by atoms with Crippen molar-refractivity contribution in [3.63, 3.8) is 0 Å². The van der Waals surface area contributed by atoms with Gasteiger partial charge in [0.1, 0.15) is 5.69 Å². The molecule has 0 spiro atoms. The van der Waals surface area contributed by atoms with E-state index in [1.54, 1.807) is 0 Å². The molecular weight excluding hydrogens is 399 g/mol. The number of nitrogens with zero attached hydrogens (tertiary/aromatic N) is 3. The summed E-state index contributed by atoms with van der Waals surface area (Å²) in [5.41, 5.74) is 5.37. The van der Waals surface area contributed by atoms with Crippen LogP contribution < -0.4 is 0 Å². The van der Waals surface area contributed by atoms with Gasteiger partial charge in [-0.15, -0.1) is 0 Å². The maximum atomic E-state index is 4.61. The van der Waals surface area contributed by atoms with Crippen LogP contribution in [-0.2, 0) is 6.42 Å². The summed E-state index contributed by atoms with van der Waals surface area (Å²) in [6.07, 6.45) is 3.01. The van der Waals surface area contributed by atoms with Gasteiger partial charge in [0.15, 0.2) is 0 Å². The number of benzene rings is 2. The topological polar surface area (TPSA) is 46.5 Å². The largest absolute Gasteiger partial charge is 0.281 e. The van der Waals surface area contributed by atoms with Gasteiger partial charge in [-0.05, 0) is 47.2 Å². The Morgan fingerprint density at radius 2 is 1.87 bits per heavy atom. The van der Waals surface area contributed by atoms with Crippen LogP contribution in [-0.4, -0.2) is 20.0 Å². The van der Waals surface area contributed by atoms with Gasteiger partial charge in [-0.3, -0.25) is 5.10 Å². The Morgan fingerprint density at radius 3 is 2.57 bits per heavy atom. The van der Waals surface area contributed by atoms with Gasteiger partial charge in [-0.2, -0.15) is 10.2 Å². The first-order valence-corrected chi connectivity index (χ1v) is 8.62. The Labute approximate surface area is 147 Å². The molecule has 2 aromatic heterocycles. The third kappa shape index (κ3) is 2.55. The molecule has 1 N–H and O–H groups in total. The van der Waals surface area contributed by atoms with Crippen molar-refractivity contribution in [1.82, 2.24) is 20.0 Å². The minimum absolute atomic E-state index is 0.962. The van der Waals surface area contributed by atoms with Crippen LogP contribution in [0.1, 0.15) is 12.6 Å². The zero-order chi connectivity index (χ0) is 15.8. The molecule has 0 amide bonds. The standard InChI is InChI=1S/C18H15IN4/c1-2-15-17(19)18(21-20-15)12-7-9-14(10-8-12)23-11-13-5-3-4-6-16(13)22-23/h3-11H,2H2,1H3,(H,20,21). The van der Waals surface area contributed by atoms with E-state index in [4.69, 9.17) is 0 Å². The number of aromatic nitrogens is 4. The normalized spacial score (nSPS) is 11.2. The Balaban J connectivity index is 1.71. The van der Waals surface area contributed by atoms with Gasteiger partial charge in [-0.1, -0.05) is 37.3 Å². The predicted octanol–water partition coefficient (Wildman–Crippen LogP) is 4.58. The third-order valence-electron chi connectivity index (χ3n) is 3.95. The summed E-state index contributed by atoms with van der Waals surface area (Å²) >= 11 is 2.36. The lowest BCUT2D eigenvalue weighted by Gasteiger charge is -2.03. The Bertz CT molecular complexity index is 933. The van der Waals surface area contributed by atoms with E-state index >= 15 is 0 Å². The molecule has 0 atom stereocenters. The highest BCUT2D eigenvalue weighted by Crippen LogP contribution is 2.26. The zero-order valence-electron chi connectivity index (χ0n) is 12.6. The molecule has 0 radical (unpaired) electrons. The second-order valence-electron chi connectivity index (χ2n) is 5.40. The number of fused-ring (bicyclic) bond motifs is 1. The molecule has 0 saturated carbocycles. The zero-order valence-corrected chi connectivity index (χ0v) is 14.8. The molecule has 0 saturated heterocycles. The summed E-state index contributed by atoms with van der Waals surface area (Å²) in [5.74, 6) is 0. The van der Waals surface area contributed by atoms with Crippen molar-refractivity contribution >= 4 is 33.5 Å². The van der Waals surface area contributed by atoms with Gasteiger partial charge in [0.2, 0.25) is 0 Å². The number of H-pyrrole nitrogens is 1. The third-order valence-corrected chi connectivity index (χ3v) is 5.11. The monoisotopic (exact) mass is 414 g/mol. The summed E-state index contributed by atoms with van der Waals surface area (Å²) in [6.45, 7) is 2.13. The molecule has 4 rings (SSSR count). The molecule has 4 aromatic rings. The van der Waals surface area contributed by atoms with E-state index in [9.17, 15) is 0 Å². The summed E-state index contributed by atoms with van der Waals surface area (Å²) in [4.78, 5) is 0. The fourth-order valence-electron chi connectivity index (χ4n) is 2.66. The molecule has 0 aliphatic heterocycles. The molecule has 23 heavy (non-hydrogen) atoms. The molecule has 4 nitrogen and oxygen atoms in total. The molecule has 0 fully saturated rings. The molecule has 0 unspecified atom stereocenters. The number of halogens is 1. The van der Waals surface area contributed by atoms with Crippen LogP contribution in [0, 0.1) is 3.57 Å². The van der Waals surface area contributed by atoms with Crippen LogP contribution in [0.15, 0.2) is 54.7 Å². The fourth-order valence-corrected chi connectivity index (χ4v) is 3.59. The lowest BCUT2D eigenvalue weighted by Crippen LogP contribution is -1.94. The second-order valence-corrected chi connectivity index (χ2v) is 6.48. The lowest BCUT2D eigenvalue weighted by molar-refractivity contribution is 0.896. The Hall–Kier alpha value is -2.15. The molecular formula is C18H15IN4. The fraction of sp³-hybridized carbons (Fsp3) is 0.111. The van der Waals surface area contributed by atoms with Crippen LogP contribution in [0.25, 0.3) is 27.8 Å². The maximum Gasteiger partial charge on any atom is 0.106 e. The molecule has 0 aliphatic carbocycles. The number of aryl methyl sites for hydroxylation is 1. The van der Waals surface area contributed by atoms with Crippen molar-refractivity contribution in [3.8, 4) is 16.9 Å². The average Bonchev–Trinajstić information content (AvgIpc) is 3.18. The van der Waals surface area contributed by atoms with Gasteiger partial charge in [0.25, 0.3) is 0 Å². The summed E-state index contributed by atoms with van der Waals surface area (Å²) in [7, 11) is 0. The number of nitrogens with one attached hydrogen (secondary N) is 1. The quantitative estimate of drug-likeness (QED) is 0.499. The van der Waals surface area contributed by atoms with Gasteiger partial charge >= 0.3 is 0 Å². The van der Waals surface area contributed by atoms with E-state index in [0.717, 1.165) is 34.3 Å². The van der Waals surface area contributed by atoms with Crippen LogP contribution in [0.4, 0.5) is 0 Å². The molecule has 0 bridgehead atoms. The van der Waals surface area contributed by atoms with Crippen molar-refractivity contribution < 1.29 is 0 Å². The van der Waals surface area contributed by atoms with Gasteiger partial charge in [-0.25, -0.2) is 4.68 Å². The minimum atomic E-state index is 0.962. The van der Waals surface area contributed by atoms with Crippen LogP contribution in [0.3, 0.4) is 0 Å². The van der Waals surface area contributed by atoms with Gasteiger partial charge in [0, 0.05) is 22.8 Å². The molecule has 2 heterocycles.